The first-order valence-corrected chi connectivity index (χ1v) is 11.8. The highest BCUT2D eigenvalue weighted by molar-refractivity contribution is 9.10. The molecule has 0 aliphatic carbocycles. The molecule has 0 atom stereocenters. The lowest BCUT2D eigenvalue weighted by atomic mass is 9.79. The Labute approximate surface area is 199 Å². The minimum atomic E-state index is -0.0929. The molecule has 4 heteroatoms. The molecule has 0 N–H and O–H groups in total. The standard InChI is InChI=1S/C27H29BrClO2/c1-4-5-16-30-26-24(28)18-21(19-25(26)29)27(2,3)15-14-20-10-9-13-23(17-20)31-22-11-7-6-8-12-22/h6-14,17-19H,4-5,15-16H2,1-3H3. The summed E-state index contributed by atoms with van der Waals surface area (Å²) >= 11 is 10.2. The zero-order valence-electron chi connectivity index (χ0n) is 18.3. The van der Waals surface area contributed by atoms with Gasteiger partial charge in [-0.1, -0.05) is 69.1 Å². The van der Waals surface area contributed by atoms with Gasteiger partial charge in [0.1, 0.15) is 11.5 Å². The number of hydrogen-bond donors (Lipinski definition) is 0. The maximum Gasteiger partial charge on any atom is 0.152 e. The summed E-state index contributed by atoms with van der Waals surface area (Å²) in [7, 11) is 0. The van der Waals surface area contributed by atoms with Crippen molar-refractivity contribution in [1.29, 1.82) is 0 Å². The summed E-state index contributed by atoms with van der Waals surface area (Å²) < 4.78 is 12.7. The summed E-state index contributed by atoms with van der Waals surface area (Å²) in [5, 5.41) is 0.645. The van der Waals surface area contributed by atoms with Gasteiger partial charge in [-0.3, -0.25) is 0 Å². The van der Waals surface area contributed by atoms with Crippen molar-refractivity contribution < 1.29 is 9.47 Å². The first kappa shape index (κ1) is 23.7. The predicted molar refractivity (Wildman–Crippen MR) is 134 cm³/mol. The van der Waals surface area contributed by atoms with Crippen molar-refractivity contribution in [3.05, 3.63) is 93.8 Å². The molecule has 0 unspecified atom stereocenters. The highest BCUT2D eigenvalue weighted by atomic mass is 79.9. The van der Waals surface area contributed by atoms with Crippen molar-refractivity contribution >= 4 is 27.5 Å². The summed E-state index contributed by atoms with van der Waals surface area (Å²) in [5.74, 6) is 2.39. The maximum absolute atomic E-state index is 6.55. The molecule has 0 fully saturated rings. The molecule has 0 aliphatic rings. The molecular formula is C27H29BrClO2. The Hall–Kier alpha value is -1.97. The average molecular weight is 501 g/mol. The smallest absolute Gasteiger partial charge is 0.152 e. The van der Waals surface area contributed by atoms with Crippen LogP contribution >= 0.6 is 27.5 Å². The highest BCUT2D eigenvalue weighted by Gasteiger charge is 2.23. The lowest BCUT2D eigenvalue weighted by Crippen LogP contribution is -2.17. The lowest BCUT2D eigenvalue weighted by molar-refractivity contribution is 0.307. The number of ether oxygens (including phenoxy) is 2. The Kier molecular flexibility index (Phi) is 8.45. The van der Waals surface area contributed by atoms with Gasteiger partial charge in [-0.25, -0.2) is 0 Å². The summed E-state index contributed by atoms with van der Waals surface area (Å²) in [6.07, 6.45) is 5.21. The molecule has 163 valence electrons. The number of unbranched alkanes of at least 4 members (excludes halogenated alkanes) is 1. The van der Waals surface area contributed by atoms with Gasteiger partial charge >= 0.3 is 0 Å². The van der Waals surface area contributed by atoms with Crippen molar-refractivity contribution in [3.8, 4) is 17.2 Å². The third-order valence-corrected chi connectivity index (χ3v) is 6.08. The van der Waals surface area contributed by atoms with Crippen molar-refractivity contribution in [2.24, 2.45) is 0 Å². The van der Waals surface area contributed by atoms with Gasteiger partial charge in [0.15, 0.2) is 5.75 Å². The quantitative estimate of drug-likeness (QED) is 0.259. The molecule has 0 amide bonds. The number of para-hydroxylation sites is 1. The summed E-state index contributed by atoms with van der Waals surface area (Å²) in [5.41, 5.74) is 2.20. The fourth-order valence-corrected chi connectivity index (χ4v) is 4.19. The van der Waals surface area contributed by atoms with E-state index >= 15 is 0 Å². The van der Waals surface area contributed by atoms with E-state index in [1.54, 1.807) is 0 Å². The molecule has 0 heterocycles. The molecule has 31 heavy (non-hydrogen) atoms. The van der Waals surface area contributed by atoms with Gasteiger partial charge in [0, 0.05) is 0 Å². The van der Waals surface area contributed by atoms with Gasteiger partial charge in [0.25, 0.3) is 0 Å². The molecule has 3 rings (SSSR count). The number of halogens is 2. The van der Waals surface area contributed by atoms with Crippen LogP contribution in [-0.4, -0.2) is 6.61 Å². The summed E-state index contributed by atoms with van der Waals surface area (Å²) in [6, 6.07) is 22.1. The van der Waals surface area contributed by atoms with E-state index in [-0.39, 0.29) is 5.41 Å². The van der Waals surface area contributed by atoms with Crippen LogP contribution in [0.4, 0.5) is 0 Å². The van der Waals surface area contributed by atoms with E-state index in [2.05, 4.69) is 61.3 Å². The molecule has 0 saturated carbocycles. The van der Waals surface area contributed by atoms with Crippen LogP contribution in [0.15, 0.2) is 71.2 Å². The lowest BCUT2D eigenvalue weighted by Gasteiger charge is -2.26. The van der Waals surface area contributed by atoms with Gasteiger partial charge in [-0.05, 0) is 88.1 Å². The van der Waals surface area contributed by atoms with Crippen molar-refractivity contribution in [3.63, 3.8) is 0 Å². The highest BCUT2D eigenvalue weighted by Crippen LogP contribution is 2.40. The molecule has 0 saturated heterocycles. The van der Waals surface area contributed by atoms with Crippen LogP contribution in [0.1, 0.15) is 51.2 Å². The van der Waals surface area contributed by atoms with Gasteiger partial charge in [-0.2, -0.15) is 0 Å². The largest absolute Gasteiger partial charge is 0.491 e. The Bertz CT molecular complexity index is 963. The van der Waals surface area contributed by atoms with Crippen LogP contribution in [0.2, 0.25) is 5.02 Å². The molecule has 3 aromatic carbocycles. The summed E-state index contributed by atoms with van der Waals surface area (Å²) in [4.78, 5) is 0. The topological polar surface area (TPSA) is 18.5 Å². The summed E-state index contributed by atoms with van der Waals surface area (Å²) in [6.45, 7) is 7.27. The van der Waals surface area contributed by atoms with Crippen LogP contribution in [0.25, 0.3) is 0 Å². The predicted octanol–water partition coefficient (Wildman–Crippen LogP) is 8.99. The second-order valence-corrected chi connectivity index (χ2v) is 9.51. The van der Waals surface area contributed by atoms with Crippen molar-refractivity contribution in [2.75, 3.05) is 6.61 Å². The number of benzene rings is 3. The van der Waals surface area contributed by atoms with Crippen LogP contribution < -0.4 is 9.47 Å². The van der Waals surface area contributed by atoms with Crippen LogP contribution in [0.5, 0.6) is 17.2 Å². The van der Waals surface area contributed by atoms with E-state index < -0.39 is 0 Å². The fraction of sp³-hybridized carbons (Fsp3) is 0.296. The zero-order valence-corrected chi connectivity index (χ0v) is 20.7. The maximum atomic E-state index is 6.55. The third-order valence-electron chi connectivity index (χ3n) is 5.21. The van der Waals surface area contributed by atoms with E-state index in [0.29, 0.717) is 11.6 Å². The van der Waals surface area contributed by atoms with Crippen molar-refractivity contribution in [2.45, 2.75) is 45.4 Å². The second kappa shape index (κ2) is 11.1. The monoisotopic (exact) mass is 499 g/mol. The molecule has 2 nitrogen and oxygen atoms in total. The Balaban J connectivity index is 1.68. The van der Waals surface area contributed by atoms with Gasteiger partial charge < -0.3 is 9.47 Å². The Morgan fingerprint density at radius 2 is 1.71 bits per heavy atom. The average Bonchev–Trinajstić information content (AvgIpc) is 2.75. The van der Waals surface area contributed by atoms with Gasteiger partial charge in [0.05, 0.1) is 16.1 Å². The molecule has 0 bridgehead atoms. The third kappa shape index (κ3) is 6.75. The Morgan fingerprint density at radius 3 is 2.42 bits per heavy atom. The number of rotatable bonds is 10. The van der Waals surface area contributed by atoms with Gasteiger partial charge in [-0.15, -0.1) is 0 Å². The van der Waals surface area contributed by atoms with Gasteiger partial charge in [0.2, 0.25) is 0 Å². The molecule has 0 spiro atoms. The van der Waals surface area contributed by atoms with E-state index in [9.17, 15) is 0 Å². The second-order valence-electron chi connectivity index (χ2n) is 8.25. The normalized spacial score (nSPS) is 11.4. The van der Waals surface area contributed by atoms with Crippen LogP contribution in [0, 0.1) is 6.42 Å². The van der Waals surface area contributed by atoms with Crippen molar-refractivity contribution in [1.82, 2.24) is 0 Å². The molecular weight excluding hydrogens is 472 g/mol. The Morgan fingerprint density at radius 1 is 0.968 bits per heavy atom. The van der Waals surface area contributed by atoms with E-state index in [1.807, 2.05) is 48.5 Å². The molecule has 0 aromatic heterocycles. The first-order chi connectivity index (χ1) is 14.9. The number of hydrogen-bond acceptors (Lipinski definition) is 2. The minimum Gasteiger partial charge on any atom is -0.491 e. The molecule has 3 aromatic rings. The van der Waals surface area contributed by atoms with E-state index in [1.165, 1.54) is 5.56 Å². The van der Waals surface area contributed by atoms with E-state index in [0.717, 1.165) is 46.5 Å². The molecule has 0 aliphatic heterocycles. The SMILES string of the molecule is CCCCOc1c(Cl)cc(C(C)(C)C[CH]c2cccc(Oc3ccccc3)c2)cc1Br. The first-order valence-electron chi connectivity index (χ1n) is 10.7. The van der Waals surface area contributed by atoms with E-state index in [4.69, 9.17) is 21.1 Å². The minimum absolute atomic E-state index is 0.0929. The fourth-order valence-electron chi connectivity index (χ4n) is 3.23. The van der Waals surface area contributed by atoms with Crippen LogP contribution in [-0.2, 0) is 5.41 Å². The zero-order chi connectivity index (χ0) is 22.3. The molecule has 1 radical (unpaired) electrons. The van der Waals surface area contributed by atoms with Crippen LogP contribution in [0.3, 0.4) is 0 Å².